The fourth-order valence-corrected chi connectivity index (χ4v) is 4.50. The van der Waals surface area contributed by atoms with E-state index in [-0.39, 0.29) is 17.9 Å². The number of rotatable bonds is 1. The molecule has 0 aromatic heterocycles. The van der Waals surface area contributed by atoms with Gasteiger partial charge < -0.3 is 5.11 Å². The minimum Gasteiger partial charge on any atom is -0.384 e. The van der Waals surface area contributed by atoms with Gasteiger partial charge in [0.2, 0.25) is 0 Å². The average molecular weight is 262 g/mol. The molecule has 1 fully saturated rings. The Morgan fingerprint density at radius 3 is 2.50 bits per heavy atom. The summed E-state index contributed by atoms with van der Waals surface area (Å²) in [5, 5.41) is 12.6. The summed E-state index contributed by atoms with van der Waals surface area (Å²) in [5.41, 5.74) is -0.513. The van der Waals surface area contributed by atoms with Gasteiger partial charge in [-0.3, -0.25) is 0 Å². The molecule has 2 aromatic carbocycles. The second-order valence-corrected chi connectivity index (χ2v) is 7.08. The standard InChI is InChI=1S/C14H14O3S/c15-14(8-9-18(16,17)10-14)13-7-3-5-11-4-1-2-6-12(11)13/h1-7,15H,8-10H2. The highest BCUT2D eigenvalue weighted by atomic mass is 32.2. The lowest BCUT2D eigenvalue weighted by molar-refractivity contribution is 0.0668. The van der Waals surface area contributed by atoms with Crippen molar-refractivity contribution in [3.63, 3.8) is 0 Å². The smallest absolute Gasteiger partial charge is 0.153 e. The molecule has 4 heteroatoms. The highest BCUT2D eigenvalue weighted by Crippen LogP contribution is 2.37. The summed E-state index contributed by atoms with van der Waals surface area (Å²) in [4.78, 5) is 0. The molecule has 0 spiro atoms. The molecule has 18 heavy (non-hydrogen) atoms. The molecule has 0 aliphatic carbocycles. The molecule has 2 aromatic rings. The third kappa shape index (κ3) is 1.82. The number of hydrogen-bond acceptors (Lipinski definition) is 3. The number of aliphatic hydroxyl groups is 1. The van der Waals surface area contributed by atoms with Crippen molar-refractivity contribution in [2.24, 2.45) is 0 Å². The third-order valence-electron chi connectivity index (χ3n) is 3.58. The van der Waals surface area contributed by atoms with Gasteiger partial charge in [0.1, 0.15) is 5.60 Å². The Hall–Kier alpha value is -1.39. The largest absolute Gasteiger partial charge is 0.384 e. The normalized spacial score (nSPS) is 26.5. The van der Waals surface area contributed by atoms with Crippen LogP contribution >= 0.6 is 0 Å². The molecule has 0 bridgehead atoms. The maximum absolute atomic E-state index is 11.6. The molecule has 0 radical (unpaired) electrons. The van der Waals surface area contributed by atoms with Crippen LogP contribution in [0.4, 0.5) is 0 Å². The van der Waals surface area contributed by atoms with Crippen molar-refractivity contribution < 1.29 is 13.5 Å². The molecule has 0 saturated carbocycles. The third-order valence-corrected chi connectivity index (χ3v) is 5.32. The maximum atomic E-state index is 11.6. The van der Waals surface area contributed by atoms with Crippen LogP contribution in [-0.2, 0) is 15.4 Å². The van der Waals surface area contributed by atoms with E-state index in [4.69, 9.17) is 0 Å². The van der Waals surface area contributed by atoms with E-state index in [0.717, 1.165) is 16.3 Å². The van der Waals surface area contributed by atoms with Crippen molar-refractivity contribution in [1.82, 2.24) is 0 Å². The predicted molar refractivity (Wildman–Crippen MR) is 71.1 cm³/mol. The zero-order chi connectivity index (χ0) is 12.8. The molecular weight excluding hydrogens is 248 g/mol. The maximum Gasteiger partial charge on any atom is 0.153 e. The summed E-state index contributed by atoms with van der Waals surface area (Å²) in [6.45, 7) is 0. The number of hydrogen-bond donors (Lipinski definition) is 1. The molecule has 0 amide bonds. The molecule has 1 unspecified atom stereocenters. The Morgan fingerprint density at radius 1 is 1.06 bits per heavy atom. The first-order valence-electron chi connectivity index (χ1n) is 5.91. The highest BCUT2D eigenvalue weighted by molar-refractivity contribution is 7.91. The number of benzene rings is 2. The van der Waals surface area contributed by atoms with Crippen LogP contribution in [0.1, 0.15) is 12.0 Å². The van der Waals surface area contributed by atoms with Crippen molar-refractivity contribution in [2.75, 3.05) is 11.5 Å². The summed E-state index contributed by atoms with van der Waals surface area (Å²) in [6.07, 6.45) is 0.281. The van der Waals surface area contributed by atoms with Gasteiger partial charge >= 0.3 is 0 Å². The van der Waals surface area contributed by atoms with E-state index in [1.54, 1.807) is 0 Å². The fraction of sp³-hybridized carbons (Fsp3) is 0.286. The zero-order valence-electron chi connectivity index (χ0n) is 9.83. The van der Waals surface area contributed by atoms with Gasteiger partial charge in [0.15, 0.2) is 9.84 Å². The molecule has 94 valence electrons. The van der Waals surface area contributed by atoms with Gasteiger partial charge in [-0.05, 0) is 22.8 Å². The average Bonchev–Trinajstić information content (AvgIpc) is 2.64. The first-order chi connectivity index (χ1) is 8.50. The molecule has 1 heterocycles. The second-order valence-electron chi connectivity index (χ2n) is 4.90. The highest BCUT2D eigenvalue weighted by Gasteiger charge is 2.42. The van der Waals surface area contributed by atoms with Gasteiger partial charge in [-0.2, -0.15) is 0 Å². The molecule has 1 aliphatic rings. The van der Waals surface area contributed by atoms with Gasteiger partial charge in [-0.25, -0.2) is 8.42 Å². The minimum atomic E-state index is -3.12. The lowest BCUT2D eigenvalue weighted by Crippen LogP contribution is -2.27. The van der Waals surface area contributed by atoms with Crippen LogP contribution < -0.4 is 0 Å². The van der Waals surface area contributed by atoms with Crippen LogP contribution in [0.3, 0.4) is 0 Å². The second kappa shape index (κ2) is 3.80. The first-order valence-corrected chi connectivity index (χ1v) is 7.73. The van der Waals surface area contributed by atoms with Crippen LogP contribution in [0, 0.1) is 0 Å². The summed E-state index contributed by atoms with van der Waals surface area (Å²) in [7, 11) is -3.12. The van der Waals surface area contributed by atoms with Crippen molar-refractivity contribution in [3.05, 3.63) is 48.0 Å². The topological polar surface area (TPSA) is 54.4 Å². The molecule has 1 atom stereocenters. The van der Waals surface area contributed by atoms with Gasteiger partial charge in [-0.1, -0.05) is 42.5 Å². The van der Waals surface area contributed by atoms with Crippen molar-refractivity contribution in [2.45, 2.75) is 12.0 Å². The van der Waals surface area contributed by atoms with E-state index >= 15 is 0 Å². The van der Waals surface area contributed by atoms with Crippen LogP contribution in [-0.4, -0.2) is 25.0 Å². The Morgan fingerprint density at radius 2 is 1.78 bits per heavy atom. The van der Waals surface area contributed by atoms with E-state index < -0.39 is 15.4 Å². The fourth-order valence-electron chi connectivity index (χ4n) is 2.68. The molecule has 1 aliphatic heterocycles. The number of sulfone groups is 1. The van der Waals surface area contributed by atoms with Crippen molar-refractivity contribution >= 4 is 20.6 Å². The molecule has 3 nitrogen and oxygen atoms in total. The molecule has 3 rings (SSSR count). The first kappa shape index (κ1) is 11.7. The van der Waals surface area contributed by atoms with Gasteiger partial charge in [-0.15, -0.1) is 0 Å². The Bertz CT molecular complexity index is 701. The summed E-state index contributed by atoms with van der Waals surface area (Å²) < 4.78 is 23.2. The molecular formula is C14H14O3S. The van der Waals surface area contributed by atoms with Crippen LogP contribution in [0.25, 0.3) is 10.8 Å². The van der Waals surface area contributed by atoms with Crippen molar-refractivity contribution in [3.8, 4) is 0 Å². The van der Waals surface area contributed by atoms with Gasteiger partial charge in [0, 0.05) is 0 Å². The zero-order valence-corrected chi connectivity index (χ0v) is 10.7. The lowest BCUT2D eigenvalue weighted by atomic mass is 9.89. The van der Waals surface area contributed by atoms with Crippen LogP contribution in [0.5, 0.6) is 0 Å². The molecule has 1 N–H and O–H groups in total. The predicted octanol–water partition coefficient (Wildman–Crippen LogP) is 1.85. The van der Waals surface area contributed by atoms with Crippen LogP contribution in [0.2, 0.25) is 0 Å². The van der Waals surface area contributed by atoms with Gasteiger partial charge in [0.25, 0.3) is 0 Å². The van der Waals surface area contributed by atoms with Crippen molar-refractivity contribution in [1.29, 1.82) is 0 Å². The Labute approximate surface area is 106 Å². The van der Waals surface area contributed by atoms with Gasteiger partial charge in [0.05, 0.1) is 11.5 Å². The number of fused-ring (bicyclic) bond motifs is 1. The van der Waals surface area contributed by atoms with E-state index in [0.29, 0.717) is 0 Å². The summed E-state index contributed by atoms with van der Waals surface area (Å²) in [5.74, 6) is -0.110. The van der Waals surface area contributed by atoms with E-state index in [1.807, 2.05) is 42.5 Å². The van der Waals surface area contributed by atoms with E-state index in [2.05, 4.69) is 0 Å². The van der Waals surface area contributed by atoms with E-state index in [1.165, 1.54) is 0 Å². The minimum absolute atomic E-state index is 0.0622. The monoisotopic (exact) mass is 262 g/mol. The quantitative estimate of drug-likeness (QED) is 0.853. The Kier molecular flexibility index (Phi) is 2.47. The summed E-state index contributed by atoms with van der Waals surface area (Å²) >= 11 is 0. The molecule has 1 saturated heterocycles. The lowest BCUT2D eigenvalue weighted by Gasteiger charge is -2.23. The summed E-state index contributed by atoms with van der Waals surface area (Å²) in [6, 6.07) is 13.4. The van der Waals surface area contributed by atoms with Crippen LogP contribution in [0.15, 0.2) is 42.5 Å². The SMILES string of the molecule is O=S1(=O)CCC(O)(c2cccc3ccccc23)C1. The Balaban J connectivity index is 2.21. The van der Waals surface area contributed by atoms with E-state index in [9.17, 15) is 13.5 Å².